The number of furan rings is 1. The molecular formula is C15H13FN2O3. The van der Waals surface area contributed by atoms with Crippen LogP contribution in [0, 0.1) is 12.7 Å². The Morgan fingerprint density at radius 2 is 2.05 bits per heavy atom. The molecule has 1 aromatic carbocycles. The van der Waals surface area contributed by atoms with Gasteiger partial charge in [-0.15, -0.1) is 0 Å². The number of halogens is 1. The fraction of sp³-hybridized carbons (Fsp3) is 0.0667. The van der Waals surface area contributed by atoms with E-state index >= 15 is 0 Å². The van der Waals surface area contributed by atoms with E-state index in [-0.39, 0.29) is 5.82 Å². The minimum atomic E-state index is -0.534. The van der Waals surface area contributed by atoms with Crippen LogP contribution in [0.1, 0.15) is 21.7 Å². The molecule has 0 spiro atoms. The maximum atomic E-state index is 12.9. The zero-order chi connectivity index (χ0) is 15.2. The van der Waals surface area contributed by atoms with E-state index in [4.69, 9.17) is 4.42 Å². The zero-order valence-electron chi connectivity index (χ0n) is 11.2. The Morgan fingerprint density at radius 1 is 1.24 bits per heavy atom. The summed E-state index contributed by atoms with van der Waals surface area (Å²) in [4.78, 5) is 23.2. The number of nitrogens with one attached hydrogen (secondary N) is 2. The SMILES string of the molecule is Cc1occc1C(=O)NNC(=O)/C=C/c1cccc(F)c1. The quantitative estimate of drug-likeness (QED) is 0.672. The Balaban J connectivity index is 1.88. The largest absolute Gasteiger partial charge is 0.469 e. The van der Waals surface area contributed by atoms with Crippen LogP contribution in [0.25, 0.3) is 6.08 Å². The van der Waals surface area contributed by atoms with Crippen LogP contribution in [0.3, 0.4) is 0 Å². The minimum Gasteiger partial charge on any atom is -0.469 e. The van der Waals surface area contributed by atoms with E-state index < -0.39 is 11.8 Å². The summed E-state index contributed by atoms with van der Waals surface area (Å²) in [6.07, 6.45) is 4.01. The maximum absolute atomic E-state index is 12.9. The van der Waals surface area contributed by atoms with Crippen molar-refractivity contribution >= 4 is 17.9 Å². The Labute approximate surface area is 120 Å². The van der Waals surface area contributed by atoms with E-state index in [1.165, 1.54) is 42.7 Å². The highest BCUT2D eigenvalue weighted by Crippen LogP contribution is 2.07. The highest BCUT2D eigenvalue weighted by molar-refractivity contribution is 5.98. The average Bonchev–Trinajstić information content (AvgIpc) is 2.89. The van der Waals surface area contributed by atoms with Crippen LogP contribution in [0.4, 0.5) is 4.39 Å². The van der Waals surface area contributed by atoms with Crippen molar-refractivity contribution in [1.82, 2.24) is 10.9 Å². The van der Waals surface area contributed by atoms with Crippen molar-refractivity contribution in [1.29, 1.82) is 0 Å². The topological polar surface area (TPSA) is 71.3 Å². The van der Waals surface area contributed by atoms with Crippen molar-refractivity contribution in [2.75, 3.05) is 0 Å². The van der Waals surface area contributed by atoms with Crippen molar-refractivity contribution in [3.05, 3.63) is 65.4 Å². The molecule has 2 aromatic rings. The number of hydrogen-bond donors (Lipinski definition) is 2. The molecule has 2 rings (SSSR count). The third kappa shape index (κ3) is 4.04. The first-order valence-electron chi connectivity index (χ1n) is 6.14. The van der Waals surface area contributed by atoms with Gasteiger partial charge in [-0.2, -0.15) is 0 Å². The first-order chi connectivity index (χ1) is 10.1. The van der Waals surface area contributed by atoms with Crippen molar-refractivity contribution < 1.29 is 18.4 Å². The van der Waals surface area contributed by atoms with E-state index in [9.17, 15) is 14.0 Å². The molecule has 2 N–H and O–H groups in total. The number of hydrazine groups is 1. The second-order valence-electron chi connectivity index (χ2n) is 4.22. The summed E-state index contributed by atoms with van der Waals surface area (Å²) < 4.78 is 17.9. The predicted octanol–water partition coefficient (Wildman–Crippen LogP) is 2.20. The number of carbonyl (C=O) groups is 2. The number of carbonyl (C=O) groups excluding carboxylic acids is 2. The molecule has 0 aliphatic heterocycles. The van der Waals surface area contributed by atoms with Gasteiger partial charge in [0.25, 0.3) is 11.8 Å². The summed E-state index contributed by atoms with van der Waals surface area (Å²) in [6.45, 7) is 1.64. The van der Waals surface area contributed by atoms with Crippen LogP contribution in [0.5, 0.6) is 0 Å². The maximum Gasteiger partial charge on any atom is 0.273 e. The van der Waals surface area contributed by atoms with Gasteiger partial charge in [0, 0.05) is 6.08 Å². The summed E-state index contributed by atoms with van der Waals surface area (Å²) in [6, 6.07) is 7.29. The monoisotopic (exact) mass is 288 g/mol. The first kappa shape index (κ1) is 14.5. The summed E-state index contributed by atoms with van der Waals surface area (Å²) in [7, 11) is 0. The van der Waals surface area contributed by atoms with Crippen molar-refractivity contribution in [2.24, 2.45) is 0 Å². The van der Waals surface area contributed by atoms with Gasteiger partial charge >= 0.3 is 0 Å². The summed E-state index contributed by atoms with van der Waals surface area (Å²) >= 11 is 0. The second-order valence-corrected chi connectivity index (χ2v) is 4.22. The fourth-order valence-corrected chi connectivity index (χ4v) is 1.63. The predicted molar refractivity (Wildman–Crippen MR) is 74.5 cm³/mol. The molecule has 0 atom stereocenters. The molecule has 0 radical (unpaired) electrons. The van der Waals surface area contributed by atoms with Crippen molar-refractivity contribution in [2.45, 2.75) is 6.92 Å². The lowest BCUT2D eigenvalue weighted by atomic mass is 10.2. The third-order valence-electron chi connectivity index (χ3n) is 2.68. The smallest absolute Gasteiger partial charge is 0.273 e. The number of hydrogen-bond acceptors (Lipinski definition) is 3. The number of amides is 2. The van der Waals surface area contributed by atoms with Gasteiger partial charge in [0.2, 0.25) is 0 Å². The van der Waals surface area contributed by atoms with Gasteiger partial charge in [-0.05, 0) is 36.8 Å². The molecule has 6 heteroatoms. The van der Waals surface area contributed by atoms with E-state index in [2.05, 4.69) is 10.9 Å². The third-order valence-corrected chi connectivity index (χ3v) is 2.68. The number of aryl methyl sites for hydroxylation is 1. The molecule has 2 amide bonds. The molecule has 0 saturated carbocycles. The van der Waals surface area contributed by atoms with Gasteiger partial charge in [0.15, 0.2) is 0 Å². The Morgan fingerprint density at radius 3 is 2.71 bits per heavy atom. The van der Waals surface area contributed by atoms with E-state index in [1.807, 2.05) is 0 Å². The van der Waals surface area contributed by atoms with Crippen molar-refractivity contribution in [3.8, 4) is 0 Å². The standard InChI is InChI=1S/C15H13FN2O3/c1-10-13(7-8-21-10)15(20)18-17-14(19)6-5-11-3-2-4-12(16)9-11/h2-9H,1H3,(H,17,19)(H,18,20)/b6-5+. The van der Waals surface area contributed by atoms with Gasteiger partial charge in [-0.1, -0.05) is 12.1 Å². The molecule has 0 aliphatic rings. The molecule has 1 heterocycles. The summed E-state index contributed by atoms with van der Waals surface area (Å²) in [5.74, 6) is -0.944. The van der Waals surface area contributed by atoms with E-state index in [0.29, 0.717) is 16.9 Å². The Bertz CT molecular complexity index is 692. The summed E-state index contributed by atoms with van der Waals surface area (Å²) in [5, 5.41) is 0. The van der Waals surface area contributed by atoms with Gasteiger partial charge in [-0.25, -0.2) is 4.39 Å². The molecule has 0 saturated heterocycles. The minimum absolute atomic E-state index is 0.337. The lowest BCUT2D eigenvalue weighted by molar-refractivity contribution is -0.117. The number of benzene rings is 1. The van der Waals surface area contributed by atoms with Crippen LogP contribution < -0.4 is 10.9 Å². The van der Waals surface area contributed by atoms with Crippen molar-refractivity contribution in [3.63, 3.8) is 0 Å². The molecule has 1 aromatic heterocycles. The normalized spacial score (nSPS) is 10.6. The first-order valence-corrected chi connectivity index (χ1v) is 6.14. The highest BCUT2D eigenvalue weighted by Gasteiger charge is 2.11. The Kier molecular flexibility index (Phi) is 4.50. The molecular weight excluding hydrogens is 275 g/mol. The van der Waals surface area contributed by atoms with E-state index in [0.717, 1.165) is 0 Å². The molecule has 0 unspecified atom stereocenters. The Hall–Kier alpha value is -2.89. The van der Waals surface area contributed by atoms with Gasteiger partial charge in [-0.3, -0.25) is 20.4 Å². The lowest BCUT2D eigenvalue weighted by Gasteiger charge is -2.04. The fourth-order valence-electron chi connectivity index (χ4n) is 1.63. The van der Waals surface area contributed by atoms with Crippen LogP contribution in [-0.2, 0) is 4.79 Å². The second kappa shape index (κ2) is 6.51. The van der Waals surface area contributed by atoms with Crippen LogP contribution >= 0.6 is 0 Å². The molecule has 108 valence electrons. The molecule has 21 heavy (non-hydrogen) atoms. The highest BCUT2D eigenvalue weighted by atomic mass is 19.1. The molecule has 5 nitrogen and oxygen atoms in total. The summed E-state index contributed by atoms with van der Waals surface area (Å²) in [5.41, 5.74) is 5.35. The van der Waals surface area contributed by atoms with Gasteiger partial charge < -0.3 is 4.42 Å². The van der Waals surface area contributed by atoms with Crippen LogP contribution in [-0.4, -0.2) is 11.8 Å². The molecule has 0 aliphatic carbocycles. The lowest BCUT2D eigenvalue weighted by Crippen LogP contribution is -2.40. The van der Waals surface area contributed by atoms with Gasteiger partial charge in [0.1, 0.15) is 11.6 Å². The molecule has 0 bridgehead atoms. The zero-order valence-corrected chi connectivity index (χ0v) is 11.2. The van der Waals surface area contributed by atoms with E-state index in [1.54, 1.807) is 13.0 Å². The average molecular weight is 288 g/mol. The molecule has 0 fully saturated rings. The van der Waals surface area contributed by atoms with Gasteiger partial charge in [0.05, 0.1) is 11.8 Å². The number of rotatable bonds is 3. The van der Waals surface area contributed by atoms with Crippen LogP contribution in [0.15, 0.2) is 47.1 Å². The van der Waals surface area contributed by atoms with Crippen LogP contribution in [0.2, 0.25) is 0 Å².